The first kappa shape index (κ1) is 13.9. The number of amides is 1. The standard InChI is InChI=1S/C15H18N2O4/c1-21-11-7-16-5-4-10(11)14(18)17-13-9-3-2-8(6-9)12(13)15(19)20/h4-5,7-9,12-13H,2-3,6H2,1H3,(H,17,18)(H,19,20). The first-order valence-electron chi connectivity index (χ1n) is 7.13. The van der Waals surface area contributed by atoms with Crippen molar-refractivity contribution in [3.05, 3.63) is 24.0 Å². The van der Waals surface area contributed by atoms with Gasteiger partial charge in [0.2, 0.25) is 0 Å². The van der Waals surface area contributed by atoms with E-state index in [0.717, 1.165) is 19.3 Å². The lowest BCUT2D eigenvalue weighted by atomic mass is 9.84. The van der Waals surface area contributed by atoms with Crippen LogP contribution in [0, 0.1) is 17.8 Å². The molecule has 6 nitrogen and oxygen atoms in total. The van der Waals surface area contributed by atoms with Crippen molar-refractivity contribution in [1.82, 2.24) is 10.3 Å². The molecular formula is C15H18N2O4. The Labute approximate surface area is 122 Å². The van der Waals surface area contributed by atoms with E-state index in [1.54, 1.807) is 6.07 Å². The fourth-order valence-electron chi connectivity index (χ4n) is 3.81. The molecule has 0 aliphatic heterocycles. The summed E-state index contributed by atoms with van der Waals surface area (Å²) in [6, 6.07) is 1.29. The lowest BCUT2D eigenvalue weighted by molar-refractivity contribution is -0.144. The smallest absolute Gasteiger partial charge is 0.308 e. The SMILES string of the molecule is COc1cnccc1C(=O)NC1C2CCC(C2)C1C(=O)O. The Morgan fingerprint density at radius 2 is 2.14 bits per heavy atom. The highest BCUT2D eigenvalue weighted by atomic mass is 16.5. The molecule has 6 heteroatoms. The van der Waals surface area contributed by atoms with Gasteiger partial charge >= 0.3 is 5.97 Å². The number of carbonyl (C=O) groups is 2. The van der Waals surface area contributed by atoms with E-state index in [1.165, 1.54) is 19.5 Å². The molecule has 21 heavy (non-hydrogen) atoms. The number of aromatic nitrogens is 1. The molecule has 112 valence electrons. The molecule has 1 aromatic heterocycles. The number of aliphatic carboxylic acids is 1. The summed E-state index contributed by atoms with van der Waals surface area (Å²) in [4.78, 5) is 27.8. The van der Waals surface area contributed by atoms with E-state index in [0.29, 0.717) is 11.3 Å². The number of carbonyl (C=O) groups excluding carboxylic acids is 1. The van der Waals surface area contributed by atoms with Gasteiger partial charge in [-0.1, -0.05) is 0 Å². The molecule has 4 unspecified atom stereocenters. The number of rotatable bonds is 4. The second kappa shape index (κ2) is 5.35. The van der Waals surface area contributed by atoms with Crippen LogP contribution in [-0.2, 0) is 4.79 Å². The summed E-state index contributed by atoms with van der Waals surface area (Å²) in [5.74, 6) is -0.720. The quantitative estimate of drug-likeness (QED) is 0.873. The van der Waals surface area contributed by atoms with Gasteiger partial charge in [0.15, 0.2) is 0 Å². The van der Waals surface area contributed by atoms with Crippen LogP contribution in [0.25, 0.3) is 0 Å². The summed E-state index contributed by atoms with van der Waals surface area (Å²) in [6.45, 7) is 0. The number of pyridine rings is 1. The number of carboxylic acid groups (broad SMARTS) is 1. The molecule has 1 aromatic rings. The highest BCUT2D eigenvalue weighted by molar-refractivity contribution is 5.97. The van der Waals surface area contributed by atoms with Gasteiger partial charge < -0.3 is 15.2 Å². The molecule has 0 aromatic carbocycles. The van der Waals surface area contributed by atoms with Crippen molar-refractivity contribution in [2.24, 2.45) is 17.8 Å². The molecule has 2 aliphatic carbocycles. The summed E-state index contributed by atoms with van der Waals surface area (Å²) >= 11 is 0. The van der Waals surface area contributed by atoms with Gasteiger partial charge in [-0.2, -0.15) is 0 Å². The maximum Gasteiger partial charge on any atom is 0.308 e. The van der Waals surface area contributed by atoms with Crippen LogP contribution in [0.4, 0.5) is 0 Å². The number of methoxy groups -OCH3 is 1. The second-order valence-corrected chi connectivity index (χ2v) is 5.77. The van der Waals surface area contributed by atoms with Crippen LogP contribution in [0.1, 0.15) is 29.6 Å². The summed E-state index contributed by atoms with van der Waals surface area (Å²) < 4.78 is 5.13. The molecule has 0 radical (unpaired) electrons. The highest BCUT2D eigenvalue weighted by Gasteiger charge is 2.51. The van der Waals surface area contributed by atoms with Crippen molar-refractivity contribution in [1.29, 1.82) is 0 Å². The minimum absolute atomic E-state index is 0.192. The second-order valence-electron chi connectivity index (χ2n) is 5.77. The Morgan fingerprint density at radius 1 is 1.38 bits per heavy atom. The number of ether oxygens (including phenoxy) is 1. The maximum absolute atomic E-state index is 12.4. The average molecular weight is 290 g/mol. The molecule has 1 amide bonds. The summed E-state index contributed by atoms with van der Waals surface area (Å²) in [5.41, 5.74) is 0.388. The monoisotopic (exact) mass is 290 g/mol. The lowest BCUT2D eigenvalue weighted by Crippen LogP contribution is -2.46. The Bertz CT molecular complexity index is 575. The third-order valence-corrected chi connectivity index (χ3v) is 4.75. The largest absolute Gasteiger partial charge is 0.494 e. The average Bonchev–Trinajstić information content (AvgIpc) is 3.08. The molecule has 0 saturated heterocycles. The number of fused-ring (bicyclic) bond motifs is 2. The van der Waals surface area contributed by atoms with Crippen molar-refractivity contribution in [3.63, 3.8) is 0 Å². The van der Waals surface area contributed by atoms with Gasteiger partial charge in [0.25, 0.3) is 5.91 Å². The molecular weight excluding hydrogens is 272 g/mol. The minimum atomic E-state index is -0.811. The van der Waals surface area contributed by atoms with Crippen molar-refractivity contribution < 1.29 is 19.4 Å². The Kier molecular flexibility index (Phi) is 3.53. The fourth-order valence-corrected chi connectivity index (χ4v) is 3.81. The van der Waals surface area contributed by atoms with Crippen LogP contribution in [0.5, 0.6) is 5.75 Å². The topological polar surface area (TPSA) is 88.5 Å². The van der Waals surface area contributed by atoms with Crippen molar-refractivity contribution >= 4 is 11.9 Å². The summed E-state index contributed by atoms with van der Waals surface area (Å²) in [5, 5.41) is 12.3. The van der Waals surface area contributed by atoms with E-state index >= 15 is 0 Å². The first-order chi connectivity index (χ1) is 10.1. The molecule has 0 spiro atoms. The molecule has 4 atom stereocenters. The maximum atomic E-state index is 12.4. The van der Waals surface area contributed by atoms with E-state index in [-0.39, 0.29) is 23.8 Å². The predicted molar refractivity (Wildman–Crippen MR) is 74.0 cm³/mol. The van der Waals surface area contributed by atoms with E-state index in [4.69, 9.17) is 4.74 Å². The van der Waals surface area contributed by atoms with Gasteiger partial charge in [-0.3, -0.25) is 14.6 Å². The van der Waals surface area contributed by atoms with Crippen molar-refractivity contribution in [2.75, 3.05) is 7.11 Å². The normalized spacial score (nSPS) is 30.1. The Balaban J connectivity index is 1.79. The Morgan fingerprint density at radius 3 is 2.86 bits per heavy atom. The van der Waals surface area contributed by atoms with Gasteiger partial charge in [0, 0.05) is 12.2 Å². The summed E-state index contributed by atoms with van der Waals surface area (Å²) in [7, 11) is 1.48. The molecule has 2 saturated carbocycles. The third-order valence-electron chi connectivity index (χ3n) is 4.75. The van der Waals surface area contributed by atoms with E-state index in [9.17, 15) is 14.7 Å². The zero-order chi connectivity index (χ0) is 15.0. The lowest BCUT2D eigenvalue weighted by Gasteiger charge is -2.29. The molecule has 1 heterocycles. The van der Waals surface area contributed by atoms with E-state index in [2.05, 4.69) is 10.3 Å². The van der Waals surface area contributed by atoms with E-state index < -0.39 is 11.9 Å². The number of nitrogens with zero attached hydrogens (tertiary/aromatic N) is 1. The Hall–Kier alpha value is -2.11. The van der Waals surface area contributed by atoms with Gasteiger partial charge in [-0.25, -0.2) is 0 Å². The number of carboxylic acids is 1. The van der Waals surface area contributed by atoms with Crippen LogP contribution in [0.15, 0.2) is 18.5 Å². The number of hydrogen-bond donors (Lipinski definition) is 2. The molecule has 2 N–H and O–H groups in total. The fraction of sp³-hybridized carbons (Fsp3) is 0.533. The van der Waals surface area contributed by atoms with Gasteiger partial charge in [-0.05, 0) is 37.2 Å². The zero-order valence-electron chi connectivity index (χ0n) is 11.8. The molecule has 3 rings (SSSR count). The van der Waals surface area contributed by atoms with E-state index in [1.807, 2.05) is 0 Å². The van der Waals surface area contributed by atoms with Crippen LogP contribution >= 0.6 is 0 Å². The van der Waals surface area contributed by atoms with Crippen LogP contribution in [-0.4, -0.2) is 35.1 Å². The van der Waals surface area contributed by atoms with Gasteiger partial charge in [-0.15, -0.1) is 0 Å². The van der Waals surface area contributed by atoms with Crippen LogP contribution in [0.2, 0.25) is 0 Å². The number of hydrogen-bond acceptors (Lipinski definition) is 4. The van der Waals surface area contributed by atoms with Gasteiger partial charge in [0.1, 0.15) is 5.75 Å². The molecule has 2 bridgehead atoms. The molecule has 2 aliphatic rings. The number of nitrogens with one attached hydrogen (secondary N) is 1. The predicted octanol–water partition coefficient (Wildman–Crippen LogP) is 1.32. The zero-order valence-corrected chi connectivity index (χ0v) is 11.8. The summed E-state index contributed by atoms with van der Waals surface area (Å²) in [6.07, 6.45) is 5.84. The third kappa shape index (κ3) is 2.34. The van der Waals surface area contributed by atoms with Crippen LogP contribution in [0.3, 0.4) is 0 Å². The molecule has 2 fully saturated rings. The van der Waals surface area contributed by atoms with Crippen molar-refractivity contribution in [3.8, 4) is 5.75 Å². The van der Waals surface area contributed by atoms with Gasteiger partial charge in [0.05, 0.1) is 24.8 Å². The highest BCUT2D eigenvalue weighted by Crippen LogP contribution is 2.48. The van der Waals surface area contributed by atoms with Crippen molar-refractivity contribution in [2.45, 2.75) is 25.3 Å². The first-order valence-corrected chi connectivity index (χ1v) is 7.13. The minimum Gasteiger partial charge on any atom is -0.494 e. The van der Waals surface area contributed by atoms with Crippen LogP contribution < -0.4 is 10.1 Å².